The van der Waals surface area contributed by atoms with Gasteiger partial charge in [-0.2, -0.15) is 0 Å². The maximum atomic E-state index is 8.87. The third-order valence-electron chi connectivity index (χ3n) is 2.05. The monoisotopic (exact) mass is 194 g/mol. The summed E-state index contributed by atoms with van der Waals surface area (Å²) in [6.07, 6.45) is 0. The van der Waals surface area contributed by atoms with Gasteiger partial charge in [0.05, 0.1) is 0 Å². The van der Waals surface area contributed by atoms with Crippen LogP contribution in [0.5, 0.6) is 0 Å². The molecule has 0 aromatic carbocycles. The number of hydrogen-bond donors (Lipinski definition) is 2. The number of aryl methyl sites for hydroxylation is 2. The van der Waals surface area contributed by atoms with Crippen molar-refractivity contribution in [2.45, 2.75) is 20.8 Å². The number of anilines is 1. The van der Waals surface area contributed by atoms with Crippen LogP contribution in [0.15, 0.2) is 12.1 Å². The second kappa shape index (κ2) is 4.96. The predicted molar refractivity (Wildman–Crippen MR) is 58.5 cm³/mol. The molecular formula is C11H18N2O. The van der Waals surface area contributed by atoms with Gasteiger partial charge >= 0.3 is 0 Å². The summed E-state index contributed by atoms with van der Waals surface area (Å²) in [6.45, 7) is 6.98. The lowest BCUT2D eigenvalue weighted by atomic mass is 10.2. The Balaban J connectivity index is 2.58. The lowest BCUT2D eigenvalue weighted by Crippen LogP contribution is -2.14. The van der Waals surface area contributed by atoms with Crippen molar-refractivity contribution in [3.8, 4) is 0 Å². The highest BCUT2D eigenvalue weighted by Gasteiger charge is 2.00. The third kappa shape index (κ3) is 3.34. The molecule has 0 radical (unpaired) electrons. The van der Waals surface area contributed by atoms with Crippen LogP contribution in [0.25, 0.3) is 0 Å². The van der Waals surface area contributed by atoms with Crippen LogP contribution in [0.2, 0.25) is 0 Å². The Kier molecular flexibility index (Phi) is 3.89. The van der Waals surface area contributed by atoms with Gasteiger partial charge in [-0.25, -0.2) is 0 Å². The quantitative estimate of drug-likeness (QED) is 0.767. The van der Waals surface area contributed by atoms with Gasteiger partial charge in [0.15, 0.2) is 0 Å². The largest absolute Gasteiger partial charge is 0.396 e. The zero-order chi connectivity index (χ0) is 10.6. The van der Waals surface area contributed by atoms with E-state index in [0.717, 1.165) is 23.6 Å². The van der Waals surface area contributed by atoms with Crippen LogP contribution in [-0.4, -0.2) is 23.2 Å². The van der Waals surface area contributed by atoms with Gasteiger partial charge in [-0.3, -0.25) is 4.98 Å². The van der Waals surface area contributed by atoms with Gasteiger partial charge in [-0.1, -0.05) is 6.92 Å². The van der Waals surface area contributed by atoms with E-state index < -0.39 is 0 Å². The van der Waals surface area contributed by atoms with Gasteiger partial charge in [0, 0.05) is 30.2 Å². The summed E-state index contributed by atoms with van der Waals surface area (Å²) in [5.74, 6) is 0.281. The van der Waals surface area contributed by atoms with Crippen LogP contribution in [0, 0.1) is 19.8 Å². The number of aliphatic hydroxyl groups excluding tert-OH is 1. The van der Waals surface area contributed by atoms with E-state index in [9.17, 15) is 0 Å². The summed E-state index contributed by atoms with van der Waals surface area (Å²) in [4.78, 5) is 4.29. The molecule has 0 amide bonds. The number of pyridine rings is 1. The first kappa shape index (κ1) is 11.0. The fourth-order valence-electron chi connectivity index (χ4n) is 1.29. The molecule has 0 bridgehead atoms. The zero-order valence-electron chi connectivity index (χ0n) is 9.04. The van der Waals surface area contributed by atoms with Crippen LogP contribution < -0.4 is 5.32 Å². The Morgan fingerprint density at radius 2 is 1.93 bits per heavy atom. The van der Waals surface area contributed by atoms with E-state index in [0.29, 0.717) is 0 Å². The van der Waals surface area contributed by atoms with Gasteiger partial charge in [0.1, 0.15) is 0 Å². The maximum absolute atomic E-state index is 8.87. The van der Waals surface area contributed by atoms with Crippen molar-refractivity contribution in [3.05, 3.63) is 23.5 Å². The molecule has 0 fully saturated rings. The topological polar surface area (TPSA) is 45.1 Å². The maximum Gasteiger partial charge on any atom is 0.0473 e. The summed E-state index contributed by atoms with van der Waals surface area (Å²) in [5.41, 5.74) is 3.11. The summed E-state index contributed by atoms with van der Waals surface area (Å²) < 4.78 is 0. The highest BCUT2D eigenvalue weighted by molar-refractivity contribution is 5.45. The van der Waals surface area contributed by atoms with Crippen molar-refractivity contribution in [2.75, 3.05) is 18.5 Å². The molecule has 1 atom stereocenters. The van der Waals surface area contributed by atoms with Crippen LogP contribution in [-0.2, 0) is 0 Å². The lowest BCUT2D eigenvalue weighted by molar-refractivity contribution is 0.244. The number of rotatable bonds is 4. The van der Waals surface area contributed by atoms with Crippen LogP contribution >= 0.6 is 0 Å². The molecule has 1 aromatic heterocycles. The highest BCUT2D eigenvalue weighted by atomic mass is 16.3. The van der Waals surface area contributed by atoms with Crippen molar-refractivity contribution >= 4 is 5.69 Å². The lowest BCUT2D eigenvalue weighted by Gasteiger charge is -2.11. The van der Waals surface area contributed by atoms with Crippen molar-refractivity contribution in [1.29, 1.82) is 0 Å². The van der Waals surface area contributed by atoms with E-state index in [2.05, 4.69) is 10.3 Å². The molecular weight excluding hydrogens is 176 g/mol. The van der Waals surface area contributed by atoms with Crippen molar-refractivity contribution in [1.82, 2.24) is 4.98 Å². The third-order valence-corrected chi connectivity index (χ3v) is 2.05. The summed E-state index contributed by atoms with van der Waals surface area (Å²) in [5, 5.41) is 12.1. The summed E-state index contributed by atoms with van der Waals surface area (Å²) in [6, 6.07) is 4.02. The average molecular weight is 194 g/mol. The minimum Gasteiger partial charge on any atom is -0.396 e. The number of aliphatic hydroxyl groups is 1. The van der Waals surface area contributed by atoms with Crippen molar-refractivity contribution in [2.24, 2.45) is 5.92 Å². The molecule has 1 rings (SSSR count). The van der Waals surface area contributed by atoms with E-state index in [1.54, 1.807) is 0 Å². The first-order chi connectivity index (χ1) is 6.61. The molecule has 0 saturated heterocycles. The van der Waals surface area contributed by atoms with E-state index >= 15 is 0 Å². The Morgan fingerprint density at radius 1 is 1.36 bits per heavy atom. The van der Waals surface area contributed by atoms with Gasteiger partial charge < -0.3 is 10.4 Å². The molecule has 14 heavy (non-hydrogen) atoms. The normalized spacial score (nSPS) is 12.6. The number of hydrogen-bond acceptors (Lipinski definition) is 3. The Morgan fingerprint density at radius 3 is 2.43 bits per heavy atom. The first-order valence-electron chi connectivity index (χ1n) is 4.92. The molecule has 1 unspecified atom stereocenters. The zero-order valence-corrected chi connectivity index (χ0v) is 9.04. The van der Waals surface area contributed by atoms with E-state index in [1.807, 2.05) is 32.9 Å². The fraction of sp³-hybridized carbons (Fsp3) is 0.545. The molecule has 0 aliphatic rings. The molecule has 0 spiro atoms. The molecule has 3 heteroatoms. The second-order valence-electron chi connectivity index (χ2n) is 3.81. The SMILES string of the molecule is Cc1cc(NCC(C)CO)cc(C)n1. The Bertz CT molecular complexity index is 279. The standard InChI is InChI=1S/C11H18N2O/c1-8(7-14)6-12-11-4-9(2)13-10(3)5-11/h4-5,8,14H,6-7H2,1-3H3,(H,12,13). The Labute approximate surface area is 85.2 Å². The summed E-state index contributed by atoms with van der Waals surface area (Å²) in [7, 11) is 0. The minimum atomic E-state index is 0.218. The number of aromatic nitrogens is 1. The van der Waals surface area contributed by atoms with Crippen LogP contribution in [0.1, 0.15) is 18.3 Å². The average Bonchev–Trinajstić information content (AvgIpc) is 2.12. The fourth-order valence-corrected chi connectivity index (χ4v) is 1.29. The molecule has 0 aliphatic heterocycles. The molecule has 1 heterocycles. The van der Waals surface area contributed by atoms with Gasteiger partial charge in [0.2, 0.25) is 0 Å². The second-order valence-corrected chi connectivity index (χ2v) is 3.81. The molecule has 78 valence electrons. The van der Waals surface area contributed by atoms with Crippen molar-refractivity contribution < 1.29 is 5.11 Å². The smallest absolute Gasteiger partial charge is 0.0473 e. The van der Waals surface area contributed by atoms with Crippen LogP contribution in [0.4, 0.5) is 5.69 Å². The van der Waals surface area contributed by atoms with Gasteiger partial charge in [0.25, 0.3) is 0 Å². The first-order valence-corrected chi connectivity index (χ1v) is 4.92. The van der Waals surface area contributed by atoms with Crippen LogP contribution in [0.3, 0.4) is 0 Å². The Hall–Kier alpha value is -1.09. The highest BCUT2D eigenvalue weighted by Crippen LogP contribution is 2.11. The van der Waals surface area contributed by atoms with Gasteiger partial charge in [-0.15, -0.1) is 0 Å². The predicted octanol–water partition coefficient (Wildman–Crippen LogP) is 1.74. The molecule has 3 nitrogen and oxygen atoms in total. The van der Waals surface area contributed by atoms with E-state index in [-0.39, 0.29) is 12.5 Å². The molecule has 0 aliphatic carbocycles. The molecule has 0 saturated carbocycles. The summed E-state index contributed by atoms with van der Waals surface area (Å²) >= 11 is 0. The minimum absolute atomic E-state index is 0.218. The molecule has 2 N–H and O–H groups in total. The van der Waals surface area contributed by atoms with E-state index in [1.165, 1.54) is 0 Å². The van der Waals surface area contributed by atoms with Gasteiger partial charge in [-0.05, 0) is 31.9 Å². The number of nitrogens with zero attached hydrogens (tertiary/aromatic N) is 1. The molecule has 1 aromatic rings. The number of nitrogens with one attached hydrogen (secondary N) is 1. The van der Waals surface area contributed by atoms with Crippen molar-refractivity contribution in [3.63, 3.8) is 0 Å². The van der Waals surface area contributed by atoms with E-state index in [4.69, 9.17) is 5.11 Å².